The average molecular weight is 1160 g/mol. The standard InChI is InChI=1S/2C11H12F2O.I6/c2*12-8-2-4-11(13)10(6-8)7-1-3-9(14)5-7;1-5(2)6(3)4/h2*2,4,6-7,9,14H,1,3,5H2;/t2*7?,9-;/m00./s1. The minimum Gasteiger partial charge on any atom is -0.393 e. The van der Waals surface area contributed by atoms with E-state index in [0.717, 1.165) is 37.1 Å². The van der Waals surface area contributed by atoms with Crippen molar-refractivity contribution in [1.29, 1.82) is 0 Å². The van der Waals surface area contributed by atoms with Gasteiger partial charge in [0.05, 0.1) is 12.2 Å². The van der Waals surface area contributed by atoms with Gasteiger partial charge in [-0.25, -0.2) is 17.6 Å². The van der Waals surface area contributed by atoms with E-state index in [2.05, 4.69) is 74.5 Å². The number of benzene rings is 2. The molecule has 0 amide bonds. The molecule has 2 nitrogen and oxygen atoms in total. The Hall–Kier alpha value is 2.46. The first-order chi connectivity index (χ1) is 16.0. The van der Waals surface area contributed by atoms with Crippen LogP contribution < -0.4 is 0 Å². The third kappa shape index (κ3) is 11.3. The molecule has 4 atom stereocenters. The molecule has 34 heavy (non-hydrogen) atoms. The summed E-state index contributed by atoms with van der Waals surface area (Å²) in [5.41, 5.74) is 0.808. The van der Waals surface area contributed by atoms with Gasteiger partial charge in [-0.15, -0.1) is 0 Å². The fourth-order valence-electron chi connectivity index (χ4n) is 4.14. The van der Waals surface area contributed by atoms with Crippen LogP contribution in [0.15, 0.2) is 36.4 Å². The van der Waals surface area contributed by atoms with Crippen LogP contribution >= 0.6 is 90.3 Å². The van der Waals surface area contributed by atoms with Crippen LogP contribution in [0.2, 0.25) is 0 Å². The zero-order chi connectivity index (χ0) is 25.4. The van der Waals surface area contributed by atoms with Crippen LogP contribution in [0, 0.1) is 23.3 Å². The van der Waals surface area contributed by atoms with Gasteiger partial charge in [-0.2, -0.15) is 0 Å². The van der Waals surface area contributed by atoms with Crippen molar-refractivity contribution in [3.05, 3.63) is 70.8 Å². The van der Waals surface area contributed by atoms with Gasteiger partial charge in [0.2, 0.25) is 0 Å². The molecule has 2 unspecified atom stereocenters. The molecular formula is C22H24F4I6O2. The van der Waals surface area contributed by atoms with E-state index in [1.54, 1.807) is 0 Å². The van der Waals surface area contributed by atoms with Crippen molar-refractivity contribution in [2.45, 2.75) is 62.6 Å². The maximum absolute atomic E-state index is 13.3. The van der Waals surface area contributed by atoms with Crippen LogP contribution in [0.25, 0.3) is 0 Å². The monoisotopic (exact) mass is 1160 g/mol. The summed E-state index contributed by atoms with van der Waals surface area (Å²) in [5.74, 6) is -1.62. The third-order valence-electron chi connectivity index (χ3n) is 5.69. The van der Waals surface area contributed by atoms with Crippen molar-refractivity contribution in [3.63, 3.8) is 0 Å². The number of aliphatic hydroxyl groups is 2. The molecule has 0 aliphatic heterocycles. The smallest absolute Gasteiger partial charge is 0.126 e. The van der Waals surface area contributed by atoms with Crippen molar-refractivity contribution >= 4 is 90.3 Å². The summed E-state index contributed by atoms with van der Waals surface area (Å²) in [6.07, 6.45) is 3.20. The van der Waals surface area contributed by atoms with E-state index in [0.29, 0.717) is 36.8 Å². The van der Waals surface area contributed by atoms with Crippen LogP contribution in [-0.2, 0) is 0 Å². The molecule has 2 fully saturated rings. The molecule has 194 valence electrons. The Balaban J connectivity index is 0.000000196. The van der Waals surface area contributed by atoms with Crippen LogP contribution in [-0.4, -0.2) is 22.4 Å². The Kier molecular flexibility index (Phi) is 15.9. The van der Waals surface area contributed by atoms with E-state index in [1.807, 2.05) is 0 Å². The van der Waals surface area contributed by atoms with Gasteiger partial charge in [-0.3, -0.25) is 0 Å². The van der Waals surface area contributed by atoms with Gasteiger partial charge in [0.25, 0.3) is 0 Å². The van der Waals surface area contributed by atoms with Gasteiger partial charge in [0, 0.05) is 0 Å². The van der Waals surface area contributed by atoms with Crippen molar-refractivity contribution in [2.75, 3.05) is 0 Å². The second-order valence-corrected chi connectivity index (χ2v) is 105. The Morgan fingerprint density at radius 1 is 0.618 bits per heavy atom. The largest absolute Gasteiger partial charge is 0.393 e. The normalized spacial score (nSPS) is 24.5. The second kappa shape index (κ2) is 16.5. The van der Waals surface area contributed by atoms with Crippen LogP contribution in [0.1, 0.15) is 61.5 Å². The zero-order valence-corrected chi connectivity index (χ0v) is 30.6. The van der Waals surface area contributed by atoms with E-state index in [4.69, 9.17) is 0 Å². The first-order valence-electron chi connectivity index (χ1n) is 10.3. The molecule has 2 aliphatic carbocycles. The third-order valence-corrected chi connectivity index (χ3v) is 171. The molecule has 0 radical (unpaired) electrons. The molecule has 0 aromatic heterocycles. The van der Waals surface area contributed by atoms with E-state index in [-0.39, 0.29) is 51.5 Å². The molecular weight excluding hydrogens is 1130 g/mol. The van der Waals surface area contributed by atoms with Gasteiger partial charge in [0.15, 0.2) is 0 Å². The molecule has 12 heteroatoms. The number of hydrogen-bond acceptors (Lipinski definition) is 2. The first kappa shape index (κ1) is 32.7. The summed E-state index contributed by atoms with van der Waals surface area (Å²) in [5, 5.41) is 18.6. The topological polar surface area (TPSA) is 40.5 Å². The van der Waals surface area contributed by atoms with Gasteiger partial charge in [-0.05, 0) is 97.9 Å². The van der Waals surface area contributed by atoms with Crippen molar-refractivity contribution in [3.8, 4) is 0 Å². The van der Waals surface area contributed by atoms with Gasteiger partial charge >= 0.3 is 90.3 Å². The predicted octanol–water partition coefficient (Wildman–Crippen LogP) is 10.5. The van der Waals surface area contributed by atoms with Gasteiger partial charge < -0.3 is 10.2 Å². The first-order valence-corrected chi connectivity index (χ1v) is 41.7. The van der Waals surface area contributed by atoms with Crippen LogP contribution in [0.3, 0.4) is 0 Å². The predicted molar refractivity (Wildman–Crippen MR) is 182 cm³/mol. The molecule has 0 heterocycles. The van der Waals surface area contributed by atoms with Crippen molar-refractivity contribution in [2.24, 2.45) is 0 Å². The van der Waals surface area contributed by atoms with Crippen molar-refractivity contribution < 1.29 is 27.8 Å². The van der Waals surface area contributed by atoms with Crippen LogP contribution in [0.5, 0.6) is 0 Å². The van der Waals surface area contributed by atoms with Gasteiger partial charge in [-0.1, -0.05) is 0 Å². The number of halogens is 10. The molecule has 2 saturated carbocycles. The fourth-order valence-corrected chi connectivity index (χ4v) is 4.14. The Labute approximate surface area is 247 Å². The summed E-state index contributed by atoms with van der Waals surface area (Å²) in [7, 11) is -0.628. The Morgan fingerprint density at radius 3 is 1.24 bits per heavy atom. The molecule has 2 N–H and O–H groups in total. The molecule has 2 aromatic rings. The van der Waals surface area contributed by atoms with E-state index in [9.17, 15) is 27.8 Å². The summed E-state index contributed by atoms with van der Waals surface area (Å²) in [4.78, 5) is 0. The molecule has 2 aromatic carbocycles. The minimum atomic E-state index is -0.414. The van der Waals surface area contributed by atoms with E-state index < -0.39 is 11.6 Å². The quantitative estimate of drug-likeness (QED) is 0.238. The molecule has 0 bridgehead atoms. The number of aliphatic hydroxyl groups excluding tert-OH is 2. The molecule has 0 spiro atoms. The van der Waals surface area contributed by atoms with E-state index >= 15 is 0 Å². The fraction of sp³-hybridized carbons (Fsp3) is 0.455. The minimum absolute atomic E-state index is 0.0271. The second-order valence-electron chi connectivity index (χ2n) is 7.98. The SMILES string of the molecule is II(I)I(I)I.O[C@H]1CCC(c2cc(F)ccc2F)C1.O[C@H]1CCC(c2cc(F)ccc2F)C1. The van der Waals surface area contributed by atoms with Crippen LogP contribution in [0.4, 0.5) is 17.6 Å². The van der Waals surface area contributed by atoms with E-state index in [1.165, 1.54) is 12.1 Å². The van der Waals surface area contributed by atoms with Crippen molar-refractivity contribution in [1.82, 2.24) is 0 Å². The van der Waals surface area contributed by atoms with Gasteiger partial charge in [0.1, 0.15) is 23.3 Å². The summed E-state index contributed by atoms with van der Waals surface area (Å²) in [6, 6.07) is 7.00. The molecule has 2 aliphatic rings. The Morgan fingerprint density at radius 2 is 0.971 bits per heavy atom. The summed E-state index contributed by atoms with van der Waals surface area (Å²) in [6.45, 7) is 0. The average Bonchev–Trinajstić information content (AvgIpc) is 3.40. The maximum Gasteiger partial charge on any atom is 0.126 e. The number of rotatable bonds is 3. The Bertz CT molecular complexity index is 847. The summed E-state index contributed by atoms with van der Waals surface area (Å²) < 4.78 is 52.3. The zero-order valence-electron chi connectivity index (χ0n) is 17.7. The molecule has 0 saturated heterocycles. The summed E-state index contributed by atoms with van der Waals surface area (Å²) >= 11 is 10.5. The maximum atomic E-state index is 13.3. The molecule has 4 rings (SSSR count). The number of hydrogen-bond donors (Lipinski definition) is 2.